The molecular weight excluding hydrogens is 250 g/mol. The van der Waals surface area contributed by atoms with Gasteiger partial charge in [0.05, 0.1) is 7.11 Å². The molecule has 0 aliphatic rings. The summed E-state index contributed by atoms with van der Waals surface area (Å²) in [7, 11) is 3.49. The molecule has 1 rings (SSSR count). The van der Waals surface area contributed by atoms with Crippen LogP contribution in [0.25, 0.3) is 0 Å². The largest absolute Gasteiger partial charge is 0.496 e. The number of para-hydroxylation sites is 1. The quantitative estimate of drug-likeness (QED) is 0.792. The van der Waals surface area contributed by atoms with Crippen LogP contribution in [-0.4, -0.2) is 32.9 Å². The molecule has 0 saturated carbocycles. The summed E-state index contributed by atoms with van der Waals surface area (Å²) in [5.74, 6) is 1.52. The summed E-state index contributed by atoms with van der Waals surface area (Å²) < 4.78 is 10.7. The highest BCUT2D eigenvalue weighted by atomic mass is 16.5. The van der Waals surface area contributed by atoms with Crippen molar-refractivity contribution in [3.8, 4) is 5.75 Å². The summed E-state index contributed by atoms with van der Waals surface area (Å²) in [6.07, 6.45) is 2.06. The molecule has 0 bridgehead atoms. The molecule has 20 heavy (non-hydrogen) atoms. The van der Waals surface area contributed by atoms with Crippen LogP contribution >= 0.6 is 0 Å². The molecular formula is C17H29NO2. The molecule has 0 spiro atoms. The van der Waals surface area contributed by atoms with Gasteiger partial charge in [0, 0.05) is 19.3 Å². The van der Waals surface area contributed by atoms with Crippen molar-refractivity contribution in [1.82, 2.24) is 5.32 Å². The molecule has 3 heteroatoms. The highest BCUT2D eigenvalue weighted by molar-refractivity contribution is 5.33. The van der Waals surface area contributed by atoms with Gasteiger partial charge in [0.1, 0.15) is 5.75 Å². The number of methoxy groups -OCH3 is 2. The van der Waals surface area contributed by atoms with E-state index in [0.717, 1.165) is 31.7 Å². The predicted molar refractivity (Wildman–Crippen MR) is 84.4 cm³/mol. The molecule has 0 radical (unpaired) electrons. The number of ether oxygens (including phenoxy) is 2. The van der Waals surface area contributed by atoms with Crippen LogP contribution in [0.1, 0.15) is 32.8 Å². The minimum Gasteiger partial charge on any atom is -0.496 e. The minimum absolute atomic E-state index is 0.145. The Morgan fingerprint density at radius 2 is 1.85 bits per heavy atom. The fraction of sp³-hybridized carbons (Fsp3) is 0.647. The second-order valence-corrected chi connectivity index (χ2v) is 6.29. The van der Waals surface area contributed by atoms with Crippen LogP contribution < -0.4 is 10.1 Å². The van der Waals surface area contributed by atoms with E-state index in [-0.39, 0.29) is 5.54 Å². The normalized spacial score (nSPS) is 13.2. The number of hydrogen-bond acceptors (Lipinski definition) is 3. The van der Waals surface area contributed by atoms with E-state index in [0.29, 0.717) is 5.92 Å². The minimum atomic E-state index is 0.145. The van der Waals surface area contributed by atoms with E-state index in [2.05, 4.69) is 38.2 Å². The van der Waals surface area contributed by atoms with Crippen molar-refractivity contribution in [3.05, 3.63) is 29.8 Å². The zero-order valence-corrected chi connectivity index (χ0v) is 13.5. The van der Waals surface area contributed by atoms with Gasteiger partial charge in [-0.05, 0) is 57.7 Å². The maximum atomic E-state index is 5.44. The molecule has 0 saturated heterocycles. The van der Waals surface area contributed by atoms with Crippen molar-refractivity contribution < 1.29 is 9.47 Å². The van der Waals surface area contributed by atoms with Crippen LogP contribution in [0.5, 0.6) is 5.75 Å². The van der Waals surface area contributed by atoms with Crippen molar-refractivity contribution in [2.24, 2.45) is 5.92 Å². The summed E-state index contributed by atoms with van der Waals surface area (Å²) in [5.41, 5.74) is 1.42. The third-order valence-electron chi connectivity index (χ3n) is 3.35. The highest BCUT2D eigenvalue weighted by Gasteiger charge is 2.16. The van der Waals surface area contributed by atoms with Crippen molar-refractivity contribution in [1.29, 1.82) is 0 Å². The molecule has 1 aromatic carbocycles. The van der Waals surface area contributed by atoms with Gasteiger partial charge < -0.3 is 14.8 Å². The lowest BCUT2D eigenvalue weighted by Gasteiger charge is -2.25. The van der Waals surface area contributed by atoms with E-state index in [9.17, 15) is 0 Å². The average Bonchev–Trinajstić information content (AvgIpc) is 2.41. The molecule has 0 heterocycles. The molecule has 0 aliphatic heterocycles. The van der Waals surface area contributed by atoms with E-state index in [1.807, 2.05) is 12.1 Å². The Labute approximate surface area is 123 Å². The zero-order chi connectivity index (χ0) is 15.0. The van der Waals surface area contributed by atoms with Crippen LogP contribution in [0.15, 0.2) is 24.3 Å². The van der Waals surface area contributed by atoms with Gasteiger partial charge in [-0.2, -0.15) is 0 Å². The standard InChI is InChI=1S/C17H29NO2/c1-17(2,3)18-13-14(10-11-19-4)12-15-8-6-7-9-16(15)20-5/h6-9,14,18H,10-13H2,1-5H3. The molecule has 1 aromatic rings. The van der Waals surface area contributed by atoms with Gasteiger partial charge in [-0.25, -0.2) is 0 Å². The van der Waals surface area contributed by atoms with Gasteiger partial charge in [-0.15, -0.1) is 0 Å². The Morgan fingerprint density at radius 3 is 2.45 bits per heavy atom. The molecule has 0 aliphatic carbocycles. The van der Waals surface area contributed by atoms with Crippen LogP contribution in [0.2, 0.25) is 0 Å². The third kappa shape index (κ3) is 6.40. The first-order valence-electron chi connectivity index (χ1n) is 7.32. The first kappa shape index (κ1) is 17.0. The monoisotopic (exact) mass is 279 g/mol. The van der Waals surface area contributed by atoms with Gasteiger partial charge in [-0.1, -0.05) is 18.2 Å². The number of benzene rings is 1. The van der Waals surface area contributed by atoms with Gasteiger partial charge >= 0.3 is 0 Å². The number of rotatable bonds is 8. The van der Waals surface area contributed by atoms with E-state index in [1.54, 1.807) is 14.2 Å². The molecule has 0 aromatic heterocycles. The van der Waals surface area contributed by atoms with Gasteiger partial charge in [-0.3, -0.25) is 0 Å². The Morgan fingerprint density at radius 1 is 1.15 bits per heavy atom. The summed E-state index contributed by atoms with van der Waals surface area (Å²) >= 11 is 0. The highest BCUT2D eigenvalue weighted by Crippen LogP contribution is 2.22. The van der Waals surface area contributed by atoms with Crippen molar-refractivity contribution >= 4 is 0 Å². The van der Waals surface area contributed by atoms with Crippen LogP contribution in [0, 0.1) is 5.92 Å². The SMILES string of the molecule is COCCC(CNC(C)(C)C)Cc1ccccc1OC. The number of hydrogen-bond donors (Lipinski definition) is 1. The van der Waals surface area contributed by atoms with E-state index in [4.69, 9.17) is 9.47 Å². The topological polar surface area (TPSA) is 30.5 Å². The smallest absolute Gasteiger partial charge is 0.122 e. The zero-order valence-electron chi connectivity index (χ0n) is 13.5. The first-order chi connectivity index (χ1) is 9.46. The lowest BCUT2D eigenvalue weighted by Crippen LogP contribution is -2.39. The maximum Gasteiger partial charge on any atom is 0.122 e. The Kier molecular flexibility index (Phi) is 7.03. The predicted octanol–water partition coefficient (Wildman–Crippen LogP) is 3.28. The summed E-state index contributed by atoms with van der Waals surface area (Å²) in [6.45, 7) is 8.38. The number of nitrogens with one attached hydrogen (secondary N) is 1. The van der Waals surface area contributed by atoms with Crippen molar-refractivity contribution in [2.45, 2.75) is 39.2 Å². The fourth-order valence-electron chi connectivity index (χ4n) is 2.19. The first-order valence-corrected chi connectivity index (χ1v) is 7.32. The molecule has 0 fully saturated rings. The second kappa shape index (κ2) is 8.28. The van der Waals surface area contributed by atoms with E-state index in [1.165, 1.54) is 5.56 Å². The van der Waals surface area contributed by atoms with Crippen molar-refractivity contribution in [3.63, 3.8) is 0 Å². The molecule has 0 amide bonds. The second-order valence-electron chi connectivity index (χ2n) is 6.29. The van der Waals surface area contributed by atoms with Gasteiger partial charge in [0.25, 0.3) is 0 Å². The summed E-state index contributed by atoms with van der Waals surface area (Å²) in [6, 6.07) is 8.26. The summed E-state index contributed by atoms with van der Waals surface area (Å²) in [4.78, 5) is 0. The molecule has 3 nitrogen and oxygen atoms in total. The van der Waals surface area contributed by atoms with Gasteiger partial charge in [0.2, 0.25) is 0 Å². The molecule has 1 N–H and O–H groups in total. The van der Waals surface area contributed by atoms with E-state index < -0.39 is 0 Å². The van der Waals surface area contributed by atoms with Crippen LogP contribution in [0.4, 0.5) is 0 Å². The lowest BCUT2D eigenvalue weighted by molar-refractivity contribution is 0.173. The molecule has 1 atom stereocenters. The average molecular weight is 279 g/mol. The summed E-state index contributed by atoms with van der Waals surface area (Å²) in [5, 5.41) is 3.59. The maximum absolute atomic E-state index is 5.44. The fourth-order valence-corrected chi connectivity index (χ4v) is 2.19. The third-order valence-corrected chi connectivity index (χ3v) is 3.35. The van der Waals surface area contributed by atoms with Crippen molar-refractivity contribution in [2.75, 3.05) is 27.4 Å². The Hall–Kier alpha value is -1.06. The Bertz CT molecular complexity index is 385. The van der Waals surface area contributed by atoms with Crippen LogP contribution in [0.3, 0.4) is 0 Å². The van der Waals surface area contributed by atoms with Gasteiger partial charge in [0.15, 0.2) is 0 Å². The van der Waals surface area contributed by atoms with Crippen LogP contribution in [-0.2, 0) is 11.2 Å². The Balaban J connectivity index is 2.67. The molecule has 1 unspecified atom stereocenters. The molecule has 114 valence electrons. The lowest BCUT2D eigenvalue weighted by atomic mass is 9.94. The van der Waals surface area contributed by atoms with E-state index >= 15 is 0 Å².